The number of aromatic nitrogens is 2. The SMILES string of the molecule is Cc1nc(C)c(C(C)NC(C)C2CCC2)c(=O)[nH]1. The third kappa shape index (κ3) is 2.64. The van der Waals surface area contributed by atoms with Gasteiger partial charge >= 0.3 is 0 Å². The molecule has 4 heteroatoms. The van der Waals surface area contributed by atoms with Crippen LogP contribution in [0.3, 0.4) is 0 Å². The Morgan fingerprint density at radius 3 is 2.50 bits per heavy atom. The monoisotopic (exact) mass is 249 g/mol. The zero-order valence-corrected chi connectivity index (χ0v) is 11.7. The maximum Gasteiger partial charge on any atom is 0.255 e. The van der Waals surface area contributed by atoms with Crippen molar-refractivity contribution in [2.75, 3.05) is 0 Å². The second-order valence-corrected chi connectivity index (χ2v) is 5.52. The van der Waals surface area contributed by atoms with Crippen LogP contribution in [0.5, 0.6) is 0 Å². The summed E-state index contributed by atoms with van der Waals surface area (Å²) >= 11 is 0. The molecular formula is C14H23N3O. The lowest BCUT2D eigenvalue weighted by Crippen LogP contribution is -2.40. The summed E-state index contributed by atoms with van der Waals surface area (Å²) < 4.78 is 0. The summed E-state index contributed by atoms with van der Waals surface area (Å²) in [6.07, 6.45) is 3.96. The molecule has 2 unspecified atom stereocenters. The Hall–Kier alpha value is -1.16. The molecule has 0 amide bonds. The van der Waals surface area contributed by atoms with Crippen molar-refractivity contribution in [3.8, 4) is 0 Å². The van der Waals surface area contributed by atoms with Gasteiger partial charge in [0, 0.05) is 17.8 Å². The van der Waals surface area contributed by atoms with Gasteiger partial charge in [0.05, 0.1) is 5.56 Å². The van der Waals surface area contributed by atoms with Gasteiger partial charge in [-0.15, -0.1) is 0 Å². The molecule has 2 atom stereocenters. The van der Waals surface area contributed by atoms with E-state index in [1.54, 1.807) is 0 Å². The van der Waals surface area contributed by atoms with E-state index in [1.165, 1.54) is 19.3 Å². The minimum Gasteiger partial charge on any atom is -0.310 e. The number of H-pyrrole nitrogens is 1. The Morgan fingerprint density at radius 2 is 2.00 bits per heavy atom. The van der Waals surface area contributed by atoms with Gasteiger partial charge in [-0.2, -0.15) is 0 Å². The summed E-state index contributed by atoms with van der Waals surface area (Å²) in [6.45, 7) is 7.98. The minimum atomic E-state index is -0.0131. The van der Waals surface area contributed by atoms with Gasteiger partial charge < -0.3 is 10.3 Å². The average molecular weight is 249 g/mol. The summed E-state index contributed by atoms with van der Waals surface area (Å²) in [4.78, 5) is 19.1. The normalized spacial score (nSPS) is 19.3. The molecule has 0 saturated heterocycles. The second kappa shape index (κ2) is 5.22. The molecule has 1 aromatic heterocycles. The first-order valence-electron chi connectivity index (χ1n) is 6.82. The summed E-state index contributed by atoms with van der Waals surface area (Å²) in [7, 11) is 0. The molecule has 0 bridgehead atoms. The first-order valence-corrected chi connectivity index (χ1v) is 6.82. The lowest BCUT2D eigenvalue weighted by Gasteiger charge is -2.34. The van der Waals surface area contributed by atoms with Gasteiger partial charge in [-0.1, -0.05) is 6.42 Å². The summed E-state index contributed by atoms with van der Waals surface area (Å²) in [5.41, 5.74) is 1.59. The predicted octanol–water partition coefficient (Wildman–Crippen LogP) is 2.23. The van der Waals surface area contributed by atoms with Crippen molar-refractivity contribution in [1.82, 2.24) is 15.3 Å². The van der Waals surface area contributed by atoms with Crippen molar-refractivity contribution < 1.29 is 0 Å². The highest BCUT2D eigenvalue weighted by atomic mass is 16.1. The number of hydrogen-bond donors (Lipinski definition) is 2. The van der Waals surface area contributed by atoms with Crippen molar-refractivity contribution >= 4 is 0 Å². The fourth-order valence-electron chi connectivity index (χ4n) is 2.80. The Kier molecular flexibility index (Phi) is 3.85. The van der Waals surface area contributed by atoms with Gasteiger partial charge in [-0.05, 0) is 46.5 Å². The smallest absolute Gasteiger partial charge is 0.255 e. The molecule has 1 fully saturated rings. The molecule has 0 radical (unpaired) electrons. The summed E-state index contributed by atoms with van der Waals surface area (Å²) in [5.74, 6) is 1.45. The number of aromatic amines is 1. The number of rotatable bonds is 4. The van der Waals surface area contributed by atoms with Crippen LogP contribution >= 0.6 is 0 Å². The number of nitrogens with zero attached hydrogens (tertiary/aromatic N) is 1. The summed E-state index contributed by atoms with van der Waals surface area (Å²) in [5, 5.41) is 3.54. The van der Waals surface area contributed by atoms with Crippen molar-refractivity contribution in [2.24, 2.45) is 5.92 Å². The molecule has 18 heavy (non-hydrogen) atoms. The quantitative estimate of drug-likeness (QED) is 0.860. The van der Waals surface area contributed by atoms with Crippen molar-refractivity contribution in [1.29, 1.82) is 0 Å². The van der Waals surface area contributed by atoms with Crippen LogP contribution in [-0.2, 0) is 0 Å². The third-order valence-corrected chi connectivity index (χ3v) is 4.07. The molecule has 1 aliphatic rings. The average Bonchev–Trinajstić information content (AvgIpc) is 2.11. The number of aryl methyl sites for hydroxylation is 2. The van der Waals surface area contributed by atoms with Crippen LogP contribution in [0.15, 0.2) is 4.79 Å². The van der Waals surface area contributed by atoms with E-state index in [4.69, 9.17) is 0 Å². The molecule has 4 nitrogen and oxygen atoms in total. The fraction of sp³-hybridized carbons (Fsp3) is 0.714. The summed E-state index contributed by atoms with van der Waals surface area (Å²) in [6, 6.07) is 0.520. The Balaban J connectivity index is 2.13. The highest BCUT2D eigenvalue weighted by Crippen LogP contribution is 2.30. The van der Waals surface area contributed by atoms with Gasteiger partial charge in [0.1, 0.15) is 5.82 Å². The fourth-order valence-corrected chi connectivity index (χ4v) is 2.80. The highest BCUT2D eigenvalue weighted by molar-refractivity contribution is 5.20. The van der Waals surface area contributed by atoms with Crippen LogP contribution < -0.4 is 10.9 Å². The maximum absolute atomic E-state index is 12.0. The lowest BCUT2D eigenvalue weighted by molar-refractivity contribution is 0.229. The van der Waals surface area contributed by atoms with E-state index in [-0.39, 0.29) is 11.6 Å². The zero-order valence-electron chi connectivity index (χ0n) is 11.7. The standard InChI is InChI=1S/C14H23N3O/c1-8(12-6-5-7-12)15-9(2)13-10(3)16-11(4)17-14(13)18/h8-9,12,15H,5-7H2,1-4H3,(H,16,17,18). The van der Waals surface area contributed by atoms with Crippen LogP contribution in [0.25, 0.3) is 0 Å². The van der Waals surface area contributed by atoms with Crippen molar-refractivity contribution in [3.05, 3.63) is 27.4 Å². The van der Waals surface area contributed by atoms with E-state index in [1.807, 2.05) is 20.8 Å². The van der Waals surface area contributed by atoms with E-state index >= 15 is 0 Å². The topological polar surface area (TPSA) is 57.8 Å². The Morgan fingerprint density at radius 1 is 1.33 bits per heavy atom. The largest absolute Gasteiger partial charge is 0.310 e. The molecule has 1 saturated carbocycles. The highest BCUT2D eigenvalue weighted by Gasteiger charge is 2.26. The van der Waals surface area contributed by atoms with Crippen LogP contribution in [0.1, 0.15) is 56.2 Å². The van der Waals surface area contributed by atoms with Crippen molar-refractivity contribution in [2.45, 2.75) is 59.0 Å². The second-order valence-electron chi connectivity index (χ2n) is 5.52. The molecule has 100 valence electrons. The van der Waals surface area contributed by atoms with Crippen LogP contribution in [0, 0.1) is 19.8 Å². The molecule has 2 N–H and O–H groups in total. The van der Waals surface area contributed by atoms with Gasteiger partial charge in [-0.25, -0.2) is 4.98 Å². The first-order chi connectivity index (χ1) is 8.49. The zero-order chi connectivity index (χ0) is 13.3. The number of nitrogens with one attached hydrogen (secondary N) is 2. The molecule has 0 aliphatic heterocycles. The molecule has 0 spiro atoms. The van der Waals surface area contributed by atoms with Crippen LogP contribution in [0.2, 0.25) is 0 Å². The van der Waals surface area contributed by atoms with E-state index < -0.39 is 0 Å². The first kappa shape index (κ1) is 13.3. The van der Waals surface area contributed by atoms with Gasteiger partial charge in [-0.3, -0.25) is 4.79 Å². The molecule has 0 aromatic carbocycles. The van der Waals surface area contributed by atoms with Gasteiger partial charge in [0.25, 0.3) is 5.56 Å². The van der Waals surface area contributed by atoms with Crippen LogP contribution in [-0.4, -0.2) is 16.0 Å². The molecular weight excluding hydrogens is 226 g/mol. The maximum atomic E-state index is 12.0. The number of hydrogen-bond acceptors (Lipinski definition) is 3. The van der Waals surface area contributed by atoms with Crippen molar-refractivity contribution in [3.63, 3.8) is 0 Å². The molecule has 2 rings (SSSR count). The molecule has 1 aromatic rings. The molecule has 1 aliphatic carbocycles. The van der Waals surface area contributed by atoms with Gasteiger partial charge in [0.2, 0.25) is 0 Å². The predicted molar refractivity (Wildman–Crippen MR) is 72.7 cm³/mol. The van der Waals surface area contributed by atoms with E-state index in [0.717, 1.165) is 17.2 Å². The Labute approximate surface area is 108 Å². The van der Waals surface area contributed by atoms with E-state index in [9.17, 15) is 4.79 Å². The lowest BCUT2D eigenvalue weighted by atomic mass is 9.80. The van der Waals surface area contributed by atoms with Gasteiger partial charge in [0.15, 0.2) is 0 Å². The van der Waals surface area contributed by atoms with Crippen LogP contribution in [0.4, 0.5) is 0 Å². The van der Waals surface area contributed by atoms with E-state index in [2.05, 4.69) is 22.2 Å². The molecule has 1 heterocycles. The minimum absolute atomic E-state index is 0.0131. The van der Waals surface area contributed by atoms with E-state index in [0.29, 0.717) is 11.9 Å². The Bertz CT molecular complexity index is 476. The third-order valence-electron chi connectivity index (χ3n) is 4.07.